The maximum absolute atomic E-state index is 6.57. The van der Waals surface area contributed by atoms with Crippen molar-refractivity contribution in [2.75, 3.05) is 0 Å². The highest BCUT2D eigenvalue weighted by atomic mass is 16.3. The Morgan fingerprint density at radius 1 is 0.316 bits per heavy atom. The lowest BCUT2D eigenvalue weighted by Gasteiger charge is -2.16. The fourth-order valence-corrected chi connectivity index (χ4v) is 8.15. The Balaban J connectivity index is 1.01. The zero-order valence-corrected chi connectivity index (χ0v) is 30.8. The molecule has 0 unspecified atom stereocenters. The first-order valence-corrected chi connectivity index (χ1v) is 19.2. The molecule has 0 amide bonds. The number of pyridine rings is 1. The molecule has 0 fully saturated rings. The second-order valence-electron chi connectivity index (χ2n) is 14.3. The molecule has 0 aliphatic rings. The molecule has 57 heavy (non-hydrogen) atoms. The quantitative estimate of drug-likeness (QED) is 0.160. The summed E-state index contributed by atoms with van der Waals surface area (Å²) in [5.41, 5.74) is 14.1. The predicted molar refractivity (Wildman–Crippen MR) is 235 cm³/mol. The highest BCUT2D eigenvalue weighted by molar-refractivity contribution is 6.27. The van der Waals surface area contributed by atoms with Gasteiger partial charge in [0, 0.05) is 54.7 Å². The molecular formula is C53H33N3O. The predicted octanol–water partition coefficient (Wildman–Crippen LogP) is 14.1. The van der Waals surface area contributed by atoms with Gasteiger partial charge in [-0.2, -0.15) is 0 Å². The van der Waals surface area contributed by atoms with Crippen molar-refractivity contribution in [1.29, 1.82) is 0 Å². The van der Waals surface area contributed by atoms with Crippen molar-refractivity contribution in [3.05, 3.63) is 200 Å². The minimum absolute atomic E-state index is 0.707. The fourth-order valence-electron chi connectivity index (χ4n) is 8.15. The number of para-hydroxylation sites is 2. The fraction of sp³-hybridized carbons (Fsp3) is 0. The van der Waals surface area contributed by atoms with Gasteiger partial charge in [0.2, 0.25) is 0 Å². The maximum Gasteiger partial charge on any atom is 0.160 e. The Morgan fingerprint density at radius 3 is 1.49 bits per heavy atom. The van der Waals surface area contributed by atoms with E-state index in [-0.39, 0.29) is 0 Å². The summed E-state index contributed by atoms with van der Waals surface area (Å²) in [6.45, 7) is 0. The average molecular weight is 728 g/mol. The van der Waals surface area contributed by atoms with Crippen LogP contribution in [0.25, 0.3) is 111 Å². The van der Waals surface area contributed by atoms with Gasteiger partial charge in [0.1, 0.15) is 11.2 Å². The van der Waals surface area contributed by atoms with Gasteiger partial charge in [-0.1, -0.05) is 176 Å². The lowest BCUT2D eigenvalue weighted by atomic mass is 9.89. The minimum atomic E-state index is 0.707. The molecule has 0 atom stereocenters. The number of aromatic nitrogens is 3. The summed E-state index contributed by atoms with van der Waals surface area (Å²) in [5.74, 6) is 0.707. The molecule has 8 aromatic carbocycles. The van der Waals surface area contributed by atoms with E-state index in [0.29, 0.717) is 5.82 Å². The van der Waals surface area contributed by atoms with E-state index < -0.39 is 0 Å². The number of furan rings is 1. The molecule has 3 heterocycles. The molecule has 0 bridgehead atoms. The van der Waals surface area contributed by atoms with Crippen molar-refractivity contribution in [3.63, 3.8) is 0 Å². The van der Waals surface area contributed by atoms with Gasteiger partial charge >= 0.3 is 0 Å². The Kier molecular flexibility index (Phi) is 7.78. The van der Waals surface area contributed by atoms with Crippen molar-refractivity contribution < 1.29 is 4.42 Å². The third-order valence-electron chi connectivity index (χ3n) is 10.9. The Bertz CT molecular complexity index is 3190. The lowest BCUT2D eigenvalue weighted by molar-refractivity contribution is 0.669. The minimum Gasteiger partial charge on any atom is -0.456 e. The number of benzene rings is 8. The van der Waals surface area contributed by atoms with E-state index >= 15 is 0 Å². The molecule has 0 aliphatic heterocycles. The summed E-state index contributed by atoms with van der Waals surface area (Å²) in [6.07, 6.45) is 0. The van der Waals surface area contributed by atoms with Gasteiger partial charge in [-0.05, 0) is 41.0 Å². The molecule has 0 aliphatic carbocycles. The van der Waals surface area contributed by atoms with Crippen molar-refractivity contribution in [1.82, 2.24) is 15.0 Å². The molecule has 0 radical (unpaired) electrons. The van der Waals surface area contributed by atoms with E-state index in [1.807, 2.05) is 42.5 Å². The molecule has 4 heteroatoms. The van der Waals surface area contributed by atoms with Crippen LogP contribution in [0, 0.1) is 0 Å². The summed E-state index contributed by atoms with van der Waals surface area (Å²) < 4.78 is 6.57. The van der Waals surface area contributed by atoms with Gasteiger partial charge in [-0.25, -0.2) is 15.0 Å². The topological polar surface area (TPSA) is 51.8 Å². The summed E-state index contributed by atoms with van der Waals surface area (Å²) >= 11 is 0. The van der Waals surface area contributed by atoms with Crippen LogP contribution >= 0.6 is 0 Å². The third-order valence-corrected chi connectivity index (χ3v) is 10.9. The van der Waals surface area contributed by atoms with Crippen molar-refractivity contribution in [3.8, 4) is 67.4 Å². The Hall–Kier alpha value is -7.69. The molecule has 4 nitrogen and oxygen atoms in total. The molecular weight excluding hydrogens is 695 g/mol. The van der Waals surface area contributed by atoms with Crippen molar-refractivity contribution in [2.45, 2.75) is 0 Å². The molecule has 0 spiro atoms. The third kappa shape index (κ3) is 5.74. The van der Waals surface area contributed by atoms with Crippen LogP contribution in [-0.4, -0.2) is 15.0 Å². The van der Waals surface area contributed by atoms with Crippen LogP contribution in [0.4, 0.5) is 0 Å². The van der Waals surface area contributed by atoms with E-state index in [9.17, 15) is 0 Å². The lowest BCUT2D eigenvalue weighted by Crippen LogP contribution is -1.95. The number of nitrogens with zero attached hydrogens (tertiary/aromatic N) is 3. The van der Waals surface area contributed by atoms with E-state index in [0.717, 1.165) is 94.3 Å². The molecule has 0 saturated carbocycles. The molecule has 0 N–H and O–H groups in total. The summed E-state index contributed by atoms with van der Waals surface area (Å²) in [7, 11) is 0. The first kappa shape index (κ1) is 32.7. The normalized spacial score (nSPS) is 11.5. The number of hydrogen-bond donors (Lipinski definition) is 0. The second-order valence-corrected chi connectivity index (χ2v) is 14.3. The van der Waals surface area contributed by atoms with Gasteiger partial charge in [0.25, 0.3) is 0 Å². The maximum atomic E-state index is 6.57. The highest BCUT2D eigenvalue weighted by Crippen LogP contribution is 2.46. The standard InChI is InChI=1S/C53H33N3O/c1-4-14-36(15-5-1)45-33-46(56-53(55-45)40-18-8-3-9-19-40)37-28-24-34(25-29-37)35-26-30-39(31-27-35)52-43-32-48-51(42-21-11-13-23-47(42)57-48)49(38-16-6-2-7-17-38)50(43)41-20-10-12-22-44(41)54-52/h1-33H. The number of hydrogen-bond acceptors (Lipinski definition) is 4. The molecule has 11 aromatic rings. The van der Waals surface area contributed by atoms with Gasteiger partial charge in [-0.3, -0.25) is 0 Å². The summed E-state index contributed by atoms with van der Waals surface area (Å²) in [5, 5.41) is 5.59. The molecule has 11 rings (SSSR count). The zero-order chi connectivity index (χ0) is 37.7. The molecule has 0 saturated heterocycles. The van der Waals surface area contributed by atoms with Crippen LogP contribution < -0.4 is 0 Å². The summed E-state index contributed by atoms with van der Waals surface area (Å²) in [6, 6.07) is 69.6. The van der Waals surface area contributed by atoms with Gasteiger partial charge in [0.05, 0.1) is 22.6 Å². The van der Waals surface area contributed by atoms with Crippen molar-refractivity contribution in [2.24, 2.45) is 0 Å². The van der Waals surface area contributed by atoms with E-state index in [1.165, 1.54) is 10.9 Å². The van der Waals surface area contributed by atoms with E-state index in [4.69, 9.17) is 19.4 Å². The van der Waals surface area contributed by atoms with Crippen LogP contribution in [0.5, 0.6) is 0 Å². The monoisotopic (exact) mass is 727 g/mol. The number of rotatable bonds is 6. The molecule has 3 aromatic heterocycles. The second kappa shape index (κ2) is 13.6. The summed E-state index contributed by atoms with van der Waals surface area (Å²) in [4.78, 5) is 15.3. The van der Waals surface area contributed by atoms with Gasteiger partial charge in [-0.15, -0.1) is 0 Å². The molecule has 266 valence electrons. The van der Waals surface area contributed by atoms with E-state index in [1.54, 1.807) is 0 Å². The first-order valence-electron chi connectivity index (χ1n) is 19.2. The Labute approximate surface area is 329 Å². The first-order chi connectivity index (χ1) is 28.2. The zero-order valence-electron chi connectivity index (χ0n) is 30.8. The van der Waals surface area contributed by atoms with E-state index in [2.05, 4.69) is 158 Å². The highest BCUT2D eigenvalue weighted by Gasteiger charge is 2.21. The number of fused-ring (bicyclic) bond motifs is 6. The SMILES string of the molecule is c1ccc(-c2cc(-c3ccc(-c4ccc(-c5nc6ccccc6c6c(-c7ccccc7)c7c(cc56)oc5ccccc57)cc4)cc3)nc(-c3ccccc3)n2)cc1. The van der Waals surface area contributed by atoms with Crippen LogP contribution in [0.1, 0.15) is 0 Å². The van der Waals surface area contributed by atoms with Crippen molar-refractivity contribution >= 4 is 43.6 Å². The van der Waals surface area contributed by atoms with Crippen LogP contribution in [0.2, 0.25) is 0 Å². The van der Waals surface area contributed by atoms with Gasteiger partial charge in [0.15, 0.2) is 5.82 Å². The van der Waals surface area contributed by atoms with Crippen LogP contribution in [0.3, 0.4) is 0 Å². The smallest absolute Gasteiger partial charge is 0.160 e. The van der Waals surface area contributed by atoms with Gasteiger partial charge < -0.3 is 4.42 Å². The van der Waals surface area contributed by atoms with Crippen LogP contribution in [0.15, 0.2) is 205 Å². The Morgan fingerprint density at radius 2 is 0.825 bits per heavy atom. The van der Waals surface area contributed by atoms with Crippen LogP contribution in [-0.2, 0) is 0 Å². The largest absolute Gasteiger partial charge is 0.456 e. The average Bonchev–Trinajstić information content (AvgIpc) is 3.67.